The Balaban J connectivity index is 3.01. The van der Waals surface area contributed by atoms with E-state index < -0.39 is 5.38 Å². The number of amides is 1. The van der Waals surface area contributed by atoms with Crippen LogP contribution in [-0.4, -0.2) is 11.3 Å². The summed E-state index contributed by atoms with van der Waals surface area (Å²) in [5, 5.41) is 2.33. The van der Waals surface area contributed by atoms with E-state index >= 15 is 0 Å². The second kappa shape index (κ2) is 4.88. The zero-order chi connectivity index (χ0) is 12.3. The summed E-state index contributed by atoms with van der Waals surface area (Å²) in [6.45, 7) is 8.00. The molecule has 0 aliphatic rings. The van der Waals surface area contributed by atoms with Gasteiger partial charge in [-0.15, -0.1) is 11.6 Å². The summed E-state index contributed by atoms with van der Waals surface area (Å²) in [6.07, 6.45) is 0. The van der Waals surface area contributed by atoms with E-state index in [4.69, 9.17) is 11.6 Å². The van der Waals surface area contributed by atoms with Gasteiger partial charge in [0.2, 0.25) is 5.91 Å². The number of rotatable bonds is 2. The summed E-state index contributed by atoms with van der Waals surface area (Å²) in [5.74, 6) is -0.168. The van der Waals surface area contributed by atoms with Gasteiger partial charge in [0.05, 0.1) is 0 Å². The largest absolute Gasteiger partial charge is 0.325 e. The van der Waals surface area contributed by atoms with Crippen molar-refractivity contribution in [2.75, 3.05) is 5.32 Å². The number of carbonyl (C=O) groups is 1. The lowest BCUT2D eigenvalue weighted by Gasteiger charge is -2.23. The van der Waals surface area contributed by atoms with Gasteiger partial charge in [-0.25, -0.2) is 0 Å². The van der Waals surface area contributed by atoms with Gasteiger partial charge in [-0.05, 0) is 24.0 Å². The Morgan fingerprint density at radius 3 is 2.38 bits per heavy atom. The minimum absolute atomic E-state index is 0.000571. The van der Waals surface area contributed by atoms with E-state index in [1.165, 1.54) is 0 Å². The number of hydrogen-bond donors (Lipinski definition) is 1. The van der Waals surface area contributed by atoms with E-state index in [-0.39, 0.29) is 11.3 Å². The van der Waals surface area contributed by atoms with Crippen LogP contribution in [0.15, 0.2) is 24.3 Å². The maximum Gasteiger partial charge on any atom is 0.242 e. The number of benzene rings is 1. The van der Waals surface area contributed by atoms with Gasteiger partial charge in [-0.1, -0.05) is 39.0 Å². The van der Waals surface area contributed by atoms with E-state index in [1.807, 2.05) is 24.3 Å². The number of anilines is 1. The lowest BCUT2D eigenvalue weighted by molar-refractivity contribution is -0.115. The molecule has 1 aromatic carbocycles. The highest BCUT2D eigenvalue weighted by molar-refractivity contribution is 6.32. The van der Waals surface area contributed by atoms with Crippen LogP contribution in [0.1, 0.15) is 33.3 Å². The predicted molar refractivity (Wildman–Crippen MR) is 69.1 cm³/mol. The third-order valence-corrected chi connectivity index (χ3v) is 2.55. The fourth-order valence-corrected chi connectivity index (χ4v) is 1.53. The quantitative estimate of drug-likeness (QED) is 0.786. The van der Waals surface area contributed by atoms with Crippen molar-refractivity contribution in [1.29, 1.82) is 0 Å². The van der Waals surface area contributed by atoms with Gasteiger partial charge in [0, 0.05) is 5.69 Å². The highest BCUT2D eigenvalue weighted by Crippen LogP contribution is 2.29. The molecule has 0 bridgehead atoms. The second-order valence-corrected chi connectivity index (χ2v) is 5.56. The lowest BCUT2D eigenvalue weighted by Crippen LogP contribution is -2.23. The van der Waals surface area contributed by atoms with Crippen LogP contribution in [0.3, 0.4) is 0 Å². The zero-order valence-corrected chi connectivity index (χ0v) is 10.9. The first-order chi connectivity index (χ1) is 7.32. The molecule has 1 unspecified atom stereocenters. The molecule has 0 aliphatic heterocycles. The number of hydrogen-bond acceptors (Lipinski definition) is 1. The van der Waals surface area contributed by atoms with E-state index in [0.717, 1.165) is 11.3 Å². The maximum absolute atomic E-state index is 11.5. The molecule has 88 valence electrons. The van der Waals surface area contributed by atoms with Crippen LogP contribution in [0.25, 0.3) is 0 Å². The van der Waals surface area contributed by atoms with Crippen LogP contribution in [0.5, 0.6) is 0 Å². The Bertz CT molecular complexity index is 380. The molecule has 0 fully saturated rings. The number of carbonyl (C=O) groups excluding carboxylic acids is 1. The topological polar surface area (TPSA) is 29.1 Å². The Labute approximate surface area is 102 Å². The number of alkyl halides is 1. The number of halogens is 1. The van der Waals surface area contributed by atoms with Crippen molar-refractivity contribution in [3.63, 3.8) is 0 Å². The smallest absolute Gasteiger partial charge is 0.242 e. The van der Waals surface area contributed by atoms with E-state index in [0.29, 0.717) is 0 Å². The van der Waals surface area contributed by atoms with Crippen molar-refractivity contribution in [3.8, 4) is 0 Å². The van der Waals surface area contributed by atoms with E-state index in [1.54, 1.807) is 6.92 Å². The van der Waals surface area contributed by atoms with Gasteiger partial charge in [-0.2, -0.15) is 0 Å². The van der Waals surface area contributed by atoms with Crippen LogP contribution in [-0.2, 0) is 10.2 Å². The number of para-hydroxylation sites is 1. The minimum Gasteiger partial charge on any atom is -0.325 e. The van der Waals surface area contributed by atoms with Gasteiger partial charge in [0.1, 0.15) is 5.38 Å². The molecule has 0 saturated carbocycles. The van der Waals surface area contributed by atoms with Gasteiger partial charge < -0.3 is 5.32 Å². The zero-order valence-electron chi connectivity index (χ0n) is 10.2. The van der Waals surface area contributed by atoms with Crippen molar-refractivity contribution in [2.45, 2.75) is 38.5 Å². The standard InChI is InChI=1S/C13H18ClNO/c1-9(14)12(16)15-11-8-6-5-7-10(11)13(2,3)4/h5-9H,1-4H3,(H,15,16). The molecule has 1 rings (SSSR count). The van der Waals surface area contributed by atoms with E-state index in [9.17, 15) is 4.79 Å². The Hall–Kier alpha value is -1.02. The predicted octanol–water partition coefficient (Wildman–Crippen LogP) is 3.55. The maximum atomic E-state index is 11.5. The van der Waals surface area contributed by atoms with Crippen LogP contribution >= 0.6 is 11.6 Å². The fraction of sp³-hybridized carbons (Fsp3) is 0.462. The molecular weight excluding hydrogens is 222 g/mol. The average Bonchev–Trinajstić information content (AvgIpc) is 2.16. The normalized spacial score (nSPS) is 13.3. The molecular formula is C13H18ClNO. The highest BCUT2D eigenvalue weighted by atomic mass is 35.5. The molecule has 1 amide bonds. The third kappa shape index (κ3) is 3.24. The molecule has 0 spiro atoms. The summed E-state index contributed by atoms with van der Waals surface area (Å²) in [4.78, 5) is 11.5. The van der Waals surface area contributed by atoms with Crippen molar-refractivity contribution in [3.05, 3.63) is 29.8 Å². The van der Waals surface area contributed by atoms with Crippen LogP contribution in [0.4, 0.5) is 5.69 Å². The first kappa shape index (κ1) is 13.0. The lowest BCUT2D eigenvalue weighted by atomic mass is 9.86. The van der Waals surface area contributed by atoms with Crippen molar-refractivity contribution < 1.29 is 4.79 Å². The monoisotopic (exact) mass is 239 g/mol. The van der Waals surface area contributed by atoms with Gasteiger partial charge in [-0.3, -0.25) is 4.79 Å². The number of nitrogens with one attached hydrogen (secondary N) is 1. The van der Waals surface area contributed by atoms with Gasteiger partial charge >= 0.3 is 0 Å². The Morgan fingerprint density at radius 2 is 1.88 bits per heavy atom. The Morgan fingerprint density at radius 1 is 1.31 bits per heavy atom. The van der Waals surface area contributed by atoms with Gasteiger partial charge in [0.15, 0.2) is 0 Å². The van der Waals surface area contributed by atoms with Crippen molar-refractivity contribution in [2.24, 2.45) is 0 Å². The minimum atomic E-state index is -0.520. The van der Waals surface area contributed by atoms with Crippen LogP contribution < -0.4 is 5.32 Å². The Kier molecular flexibility index (Phi) is 3.98. The first-order valence-corrected chi connectivity index (χ1v) is 5.80. The summed E-state index contributed by atoms with van der Waals surface area (Å²) in [6, 6.07) is 7.80. The molecule has 0 aliphatic carbocycles. The third-order valence-electron chi connectivity index (χ3n) is 2.35. The fourth-order valence-electron chi connectivity index (χ4n) is 1.48. The molecule has 0 saturated heterocycles. The molecule has 0 radical (unpaired) electrons. The summed E-state index contributed by atoms with van der Waals surface area (Å²) in [5.41, 5.74) is 1.95. The molecule has 16 heavy (non-hydrogen) atoms. The summed E-state index contributed by atoms with van der Waals surface area (Å²) < 4.78 is 0. The SMILES string of the molecule is CC(Cl)C(=O)Nc1ccccc1C(C)(C)C. The average molecular weight is 240 g/mol. The highest BCUT2D eigenvalue weighted by Gasteiger charge is 2.19. The summed E-state index contributed by atoms with van der Waals surface area (Å²) >= 11 is 5.73. The van der Waals surface area contributed by atoms with Crippen molar-refractivity contribution >= 4 is 23.2 Å². The molecule has 0 heterocycles. The van der Waals surface area contributed by atoms with E-state index in [2.05, 4.69) is 26.1 Å². The van der Waals surface area contributed by atoms with Crippen LogP contribution in [0.2, 0.25) is 0 Å². The van der Waals surface area contributed by atoms with Crippen molar-refractivity contribution in [1.82, 2.24) is 0 Å². The molecule has 3 heteroatoms. The van der Waals surface area contributed by atoms with Gasteiger partial charge in [0.25, 0.3) is 0 Å². The molecule has 1 N–H and O–H groups in total. The molecule has 1 atom stereocenters. The molecule has 0 aromatic heterocycles. The molecule has 2 nitrogen and oxygen atoms in total. The second-order valence-electron chi connectivity index (χ2n) is 4.90. The molecule has 1 aromatic rings. The van der Waals surface area contributed by atoms with Crippen LogP contribution in [0, 0.1) is 0 Å². The summed E-state index contributed by atoms with van der Waals surface area (Å²) in [7, 11) is 0. The first-order valence-electron chi connectivity index (χ1n) is 5.37.